The number of hydrogen-bond acceptors (Lipinski definition) is 2. The SMILES string of the molecule is Cn1c(C2CC2)nc2cc(NC(=O)NC3CCCCC3)ccc21. The molecule has 2 aromatic rings. The zero-order valence-electron chi connectivity index (χ0n) is 13.6. The largest absolute Gasteiger partial charge is 0.335 e. The quantitative estimate of drug-likeness (QED) is 0.903. The summed E-state index contributed by atoms with van der Waals surface area (Å²) in [6.45, 7) is 0. The number of carbonyl (C=O) groups is 1. The number of nitrogens with zero attached hydrogens (tertiary/aromatic N) is 2. The molecule has 0 saturated heterocycles. The third-order valence-electron chi connectivity index (χ3n) is 5.06. The summed E-state index contributed by atoms with van der Waals surface area (Å²) >= 11 is 0. The molecule has 1 aromatic carbocycles. The van der Waals surface area contributed by atoms with Crippen molar-refractivity contribution in [3.05, 3.63) is 24.0 Å². The molecule has 122 valence electrons. The van der Waals surface area contributed by atoms with E-state index < -0.39 is 0 Å². The van der Waals surface area contributed by atoms with Gasteiger partial charge in [-0.3, -0.25) is 0 Å². The highest BCUT2D eigenvalue weighted by molar-refractivity contribution is 5.92. The molecule has 2 amide bonds. The van der Waals surface area contributed by atoms with Gasteiger partial charge in [-0.05, 0) is 43.9 Å². The van der Waals surface area contributed by atoms with Gasteiger partial charge in [-0.1, -0.05) is 19.3 Å². The van der Waals surface area contributed by atoms with Crippen LogP contribution in [-0.4, -0.2) is 21.6 Å². The number of amides is 2. The van der Waals surface area contributed by atoms with Crippen LogP contribution >= 0.6 is 0 Å². The van der Waals surface area contributed by atoms with Crippen LogP contribution in [0.25, 0.3) is 11.0 Å². The van der Waals surface area contributed by atoms with E-state index in [2.05, 4.69) is 22.2 Å². The van der Waals surface area contributed by atoms with Gasteiger partial charge in [0.15, 0.2) is 0 Å². The van der Waals surface area contributed by atoms with E-state index in [9.17, 15) is 4.79 Å². The van der Waals surface area contributed by atoms with E-state index in [0.29, 0.717) is 12.0 Å². The van der Waals surface area contributed by atoms with Gasteiger partial charge in [0.2, 0.25) is 0 Å². The number of carbonyl (C=O) groups excluding carboxylic acids is 1. The predicted molar refractivity (Wildman–Crippen MR) is 91.7 cm³/mol. The van der Waals surface area contributed by atoms with Gasteiger partial charge in [-0.15, -0.1) is 0 Å². The molecule has 23 heavy (non-hydrogen) atoms. The lowest BCUT2D eigenvalue weighted by molar-refractivity contribution is 0.244. The smallest absolute Gasteiger partial charge is 0.319 e. The number of fused-ring (bicyclic) bond motifs is 1. The van der Waals surface area contributed by atoms with Crippen LogP contribution in [0, 0.1) is 0 Å². The average Bonchev–Trinajstić information content (AvgIpc) is 3.33. The predicted octanol–water partition coefficient (Wildman–Crippen LogP) is 3.90. The third-order valence-corrected chi connectivity index (χ3v) is 5.06. The Morgan fingerprint density at radius 3 is 2.70 bits per heavy atom. The highest BCUT2D eigenvalue weighted by Gasteiger charge is 2.28. The fraction of sp³-hybridized carbons (Fsp3) is 0.556. The lowest BCUT2D eigenvalue weighted by Gasteiger charge is -2.22. The van der Waals surface area contributed by atoms with Gasteiger partial charge in [-0.25, -0.2) is 9.78 Å². The summed E-state index contributed by atoms with van der Waals surface area (Å²) < 4.78 is 2.18. The second-order valence-electron chi connectivity index (χ2n) is 6.94. The summed E-state index contributed by atoms with van der Waals surface area (Å²) in [6, 6.07) is 6.20. The molecule has 0 radical (unpaired) electrons. The molecule has 1 aromatic heterocycles. The number of anilines is 1. The molecule has 2 aliphatic carbocycles. The van der Waals surface area contributed by atoms with Crippen LogP contribution in [0.15, 0.2) is 18.2 Å². The van der Waals surface area contributed by atoms with Crippen LogP contribution in [0.2, 0.25) is 0 Å². The fourth-order valence-electron chi connectivity index (χ4n) is 3.60. The summed E-state index contributed by atoms with van der Waals surface area (Å²) in [7, 11) is 2.08. The number of rotatable bonds is 3. The van der Waals surface area contributed by atoms with Crippen molar-refractivity contribution in [2.45, 2.75) is 56.9 Å². The maximum absolute atomic E-state index is 12.2. The van der Waals surface area contributed by atoms with E-state index in [-0.39, 0.29) is 6.03 Å². The Morgan fingerprint density at radius 1 is 1.17 bits per heavy atom. The molecule has 0 spiro atoms. The van der Waals surface area contributed by atoms with Gasteiger partial charge in [0, 0.05) is 24.7 Å². The molecular formula is C18H24N4O. The number of urea groups is 1. The molecule has 2 fully saturated rings. The average molecular weight is 312 g/mol. The molecular weight excluding hydrogens is 288 g/mol. The van der Waals surface area contributed by atoms with Crippen molar-refractivity contribution < 1.29 is 4.79 Å². The van der Waals surface area contributed by atoms with Crippen molar-refractivity contribution in [3.63, 3.8) is 0 Å². The van der Waals surface area contributed by atoms with Crippen molar-refractivity contribution in [3.8, 4) is 0 Å². The number of imidazole rings is 1. The first-order valence-electron chi connectivity index (χ1n) is 8.74. The van der Waals surface area contributed by atoms with Crippen LogP contribution in [0.5, 0.6) is 0 Å². The Labute approximate surface area is 136 Å². The summed E-state index contributed by atoms with van der Waals surface area (Å²) in [5, 5.41) is 6.04. The molecule has 5 nitrogen and oxygen atoms in total. The number of nitrogens with one attached hydrogen (secondary N) is 2. The first-order valence-corrected chi connectivity index (χ1v) is 8.74. The zero-order valence-corrected chi connectivity index (χ0v) is 13.6. The monoisotopic (exact) mass is 312 g/mol. The van der Waals surface area contributed by atoms with Gasteiger partial charge in [0.05, 0.1) is 11.0 Å². The molecule has 0 aliphatic heterocycles. The maximum atomic E-state index is 12.2. The molecule has 2 N–H and O–H groups in total. The van der Waals surface area contributed by atoms with Gasteiger partial charge in [0.25, 0.3) is 0 Å². The minimum atomic E-state index is -0.102. The van der Waals surface area contributed by atoms with E-state index in [1.807, 2.05) is 18.2 Å². The molecule has 0 unspecified atom stereocenters. The van der Waals surface area contributed by atoms with E-state index in [1.165, 1.54) is 37.9 Å². The fourth-order valence-corrected chi connectivity index (χ4v) is 3.60. The Morgan fingerprint density at radius 2 is 1.96 bits per heavy atom. The Bertz CT molecular complexity index is 726. The number of aryl methyl sites for hydroxylation is 1. The lowest BCUT2D eigenvalue weighted by Crippen LogP contribution is -2.38. The Kier molecular flexibility index (Phi) is 3.71. The highest BCUT2D eigenvalue weighted by atomic mass is 16.2. The minimum Gasteiger partial charge on any atom is -0.335 e. The van der Waals surface area contributed by atoms with Crippen molar-refractivity contribution in [2.75, 3.05) is 5.32 Å². The lowest BCUT2D eigenvalue weighted by atomic mass is 9.96. The van der Waals surface area contributed by atoms with Crippen molar-refractivity contribution >= 4 is 22.8 Å². The second-order valence-corrected chi connectivity index (χ2v) is 6.94. The van der Waals surface area contributed by atoms with E-state index in [1.54, 1.807) is 0 Å². The van der Waals surface area contributed by atoms with Gasteiger partial charge in [0.1, 0.15) is 5.82 Å². The zero-order chi connectivity index (χ0) is 15.8. The Hall–Kier alpha value is -2.04. The molecule has 0 atom stereocenters. The van der Waals surface area contributed by atoms with Crippen molar-refractivity contribution in [1.82, 2.24) is 14.9 Å². The van der Waals surface area contributed by atoms with Gasteiger partial charge >= 0.3 is 6.03 Å². The molecule has 2 saturated carbocycles. The molecule has 2 aliphatic rings. The molecule has 5 heteroatoms. The maximum Gasteiger partial charge on any atom is 0.319 e. The van der Waals surface area contributed by atoms with Crippen LogP contribution < -0.4 is 10.6 Å². The summed E-state index contributed by atoms with van der Waals surface area (Å²) in [5.41, 5.74) is 2.90. The molecule has 4 rings (SSSR count). The standard InChI is InChI=1S/C18H24N4O/c1-22-16-10-9-14(11-15(16)21-17(22)12-7-8-12)20-18(23)19-13-5-3-2-4-6-13/h9-13H,2-8H2,1H3,(H2,19,20,23). The molecule has 1 heterocycles. The summed E-state index contributed by atoms with van der Waals surface area (Å²) in [4.78, 5) is 16.9. The first kappa shape index (κ1) is 14.5. The summed E-state index contributed by atoms with van der Waals surface area (Å²) in [5.74, 6) is 1.79. The van der Waals surface area contributed by atoms with E-state index >= 15 is 0 Å². The van der Waals surface area contributed by atoms with Gasteiger partial charge in [-0.2, -0.15) is 0 Å². The highest BCUT2D eigenvalue weighted by Crippen LogP contribution is 2.40. The van der Waals surface area contributed by atoms with Crippen molar-refractivity contribution in [2.24, 2.45) is 7.05 Å². The number of hydrogen-bond donors (Lipinski definition) is 2. The Balaban J connectivity index is 1.47. The number of benzene rings is 1. The minimum absolute atomic E-state index is 0.102. The second kappa shape index (κ2) is 5.87. The molecule has 0 bridgehead atoms. The van der Waals surface area contributed by atoms with Gasteiger partial charge < -0.3 is 15.2 Å². The van der Waals surface area contributed by atoms with E-state index in [4.69, 9.17) is 4.98 Å². The van der Waals surface area contributed by atoms with Crippen LogP contribution in [0.1, 0.15) is 56.7 Å². The topological polar surface area (TPSA) is 59.0 Å². The van der Waals surface area contributed by atoms with Crippen LogP contribution in [0.3, 0.4) is 0 Å². The van der Waals surface area contributed by atoms with Crippen LogP contribution in [0.4, 0.5) is 10.5 Å². The van der Waals surface area contributed by atoms with Crippen LogP contribution in [-0.2, 0) is 7.05 Å². The number of aromatic nitrogens is 2. The first-order chi connectivity index (χ1) is 11.2. The summed E-state index contributed by atoms with van der Waals surface area (Å²) in [6.07, 6.45) is 8.40. The normalized spacial score (nSPS) is 19.0. The van der Waals surface area contributed by atoms with E-state index in [0.717, 1.165) is 29.6 Å². The van der Waals surface area contributed by atoms with Crippen molar-refractivity contribution in [1.29, 1.82) is 0 Å². The third kappa shape index (κ3) is 3.05.